The van der Waals surface area contributed by atoms with Gasteiger partial charge in [0.2, 0.25) is 35.1 Å². The van der Waals surface area contributed by atoms with E-state index in [-0.39, 0.29) is 53.3 Å². The third-order valence-electron chi connectivity index (χ3n) is 11.0. The summed E-state index contributed by atoms with van der Waals surface area (Å²) in [5, 5.41) is 18.7. The number of ketones is 1. The summed E-state index contributed by atoms with van der Waals surface area (Å²) < 4.78 is 60.7. The van der Waals surface area contributed by atoms with Crippen molar-refractivity contribution in [2.75, 3.05) is 18.4 Å². The van der Waals surface area contributed by atoms with Crippen LogP contribution in [0.25, 0.3) is 0 Å². The van der Waals surface area contributed by atoms with Gasteiger partial charge in [0, 0.05) is 42.4 Å². The van der Waals surface area contributed by atoms with E-state index in [1.54, 1.807) is 48.9 Å². The molecule has 1 aliphatic heterocycles. The fourth-order valence-electron chi connectivity index (χ4n) is 7.15. The Morgan fingerprint density at radius 3 is 2.29 bits per heavy atom. The highest BCUT2D eigenvalue weighted by atomic mass is 35.5. The number of ether oxygens (including phenoxy) is 1. The highest BCUT2D eigenvalue weighted by molar-refractivity contribution is 7.92. The largest absolute Gasteiger partial charge is 0.372 e. The second-order valence-corrected chi connectivity index (χ2v) is 20.1. The molecular weight excluding hydrogens is 1010 g/mol. The SMILES string of the molecule is CCC(C)C(NC(=O)C(CC(C)C)NC(=O)c1cnccn1)C(=O)N1CC(OCc2ccccc2)CC1C(=O)NC(CC(F)F)C(=O)C(=O)NCC(=O)NS(=O)(=O)c1nnc(NC(=O)c2cccc(Cl)c2)s1. The Bertz CT molecular complexity index is 2710. The number of carbonyl (C=O) groups is 8. The number of nitrogens with one attached hydrogen (secondary N) is 6. The monoisotopic (exact) mass is 1060 g/mol. The molecule has 0 bridgehead atoms. The van der Waals surface area contributed by atoms with Gasteiger partial charge in [-0.15, -0.1) is 10.2 Å². The number of aromatic nitrogens is 4. The maximum atomic E-state index is 14.7. The van der Waals surface area contributed by atoms with E-state index in [0.717, 1.165) is 10.5 Å². The van der Waals surface area contributed by atoms with Gasteiger partial charge >= 0.3 is 0 Å². The van der Waals surface area contributed by atoms with Gasteiger partial charge in [-0.05, 0) is 42.0 Å². The van der Waals surface area contributed by atoms with Crippen LogP contribution in [0.1, 0.15) is 79.8 Å². The summed E-state index contributed by atoms with van der Waals surface area (Å²) in [5.41, 5.74) is 0.812. The van der Waals surface area contributed by atoms with Crippen LogP contribution < -0.4 is 31.3 Å². The van der Waals surface area contributed by atoms with Crippen LogP contribution in [-0.2, 0) is 50.1 Å². The molecule has 7 amide bonds. The number of hydrogen-bond donors (Lipinski definition) is 6. The molecule has 0 saturated carbocycles. The molecule has 0 spiro atoms. The second-order valence-electron chi connectivity index (χ2n) is 16.9. The summed E-state index contributed by atoms with van der Waals surface area (Å²) in [6.07, 6.45) is -1.32. The number of anilines is 1. The zero-order valence-electron chi connectivity index (χ0n) is 39.2. The number of Topliss-reactive ketones (excluding diaryl/α,β-unsaturated/α-hetero) is 1. The number of likely N-dealkylation sites (tertiary alicyclic amines) is 1. The van der Waals surface area contributed by atoms with Gasteiger partial charge in [0.15, 0.2) is 0 Å². The van der Waals surface area contributed by atoms with Crippen molar-refractivity contribution in [3.05, 3.63) is 95.0 Å². The van der Waals surface area contributed by atoms with Crippen LogP contribution in [0.5, 0.6) is 0 Å². The van der Waals surface area contributed by atoms with Gasteiger partial charge in [-0.25, -0.2) is 18.5 Å². The molecule has 4 aromatic rings. The Morgan fingerprint density at radius 1 is 0.903 bits per heavy atom. The van der Waals surface area contributed by atoms with E-state index >= 15 is 0 Å². The number of carbonyl (C=O) groups excluding carboxylic acids is 8. The Hall–Kier alpha value is -6.90. The van der Waals surface area contributed by atoms with Crippen molar-refractivity contribution in [3.63, 3.8) is 0 Å². The van der Waals surface area contributed by atoms with E-state index in [4.69, 9.17) is 16.3 Å². The number of alkyl halides is 2. The van der Waals surface area contributed by atoms with Gasteiger partial charge in [0.25, 0.3) is 38.0 Å². The topological polar surface area (TPSA) is 307 Å². The molecule has 0 radical (unpaired) electrons. The van der Waals surface area contributed by atoms with E-state index in [2.05, 4.69) is 41.4 Å². The number of sulfonamides is 1. The van der Waals surface area contributed by atoms with E-state index in [1.165, 1.54) is 42.9 Å². The molecule has 386 valence electrons. The first-order valence-electron chi connectivity index (χ1n) is 22.3. The minimum atomic E-state index is -4.76. The van der Waals surface area contributed by atoms with Crippen LogP contribution in [0, 0.1) is 11.8 Å². The number of hydrogen-bond acceptors (Lipinski definition) is 16. The molecular formula is C45H52ClF2N11O11S2. The molecule has 27 heteroatoms. The quantitative estimate of drug-likeness (QED) is 0.0434. The Morgan fingerprint density at radius 2 is 1.64 bits per heavy atom. The minimum absolute atomic E-state index is 0.0438. The Balaban J connectivity index is 1.28. The van der Waals surface area contributed by atoms with Crippen molar-refractivity contribution in [2.45, 2.75) is 101 Å². The number of halogens is 3. The molecule has 2 aromatic heterocycles. The molecule has 22 nitrogen and oxygen atoms in total. The van der Waals surface area contributed by atoms with Crippen LogP contribution in [-0.4, -0.2) is 130 Å². The fourth-order valence-corrected chi connectivity index (χ4v) is 9.22. The van der Waals surface area contributed by atoms with Crippen LogP contribution >= 0.6 is 22.9 Å². The molecule has 1 aliphatic rings. The lowest BCUT2D eigenvalue weighted by Gasteiger charge is -2.33. The van der Waals surface area contributed by atoms with Crippen LogP contribution in [0.2, 0.25) is 5.02 Å². The number of nitrogens with zero attached hydrogens (tertiary/aromatic N) is 5. The molecule has 5 rings (SSSR count). The van der Waals surface area contributed by atoms with Crippen molar-refractivity contribution in [1.29, 1.82) is 0 Å². The summed E-state index contributed by atoms with van der Waals surface area (Å²) in [6, 6.07) is 8.55. The van der Waals surface area contributed by atoms with Crippen LogP contribution in [0.4, 0.5) is 13.9 Å². The van der Waals surface area contributed by atoms with Crippen molar-refractivity contribution in [2.24, 2.45) is 11.8 Å². The summed E-state index contributed by atoms with van der Waals surface area (Å²) >= 11 is 6.27. The molecule has 0 aliphatic carbocycles. The van der Waals surface area contributed by atoms with E-state index in [1.807, 2.05) is 19.2 Å². The van der Waals surface area contributed by atoms with Crippen molar-refractivity contribution in [1.82, 2.24) is 51.1 Å². The van der Waals surface area contributed by atoms with Crippen molar-refractivity contribution >= 4 is 85.2 Å². The third kappa shape index (κ3) is 16.1. The lowest BCUT2D eigenvalue weighted by Crippen LogP contribution is -2.59. The second kappa shape index (κ2) is 26.0. The zero-order chi connectivity index (χ0) is 52.7. The molecule has 6 unspecified atom stereocenters. The van der Waals surface area contributed by atoms with E-state index in [9.17, 15) is 55.6 Å². The lowest BCUT2D eigenvalue weighted by atomic mass is 9.96. The standard InChI is InChI=1S/C45H52ClF2N11O11S2/c1-5-25(4)36(54-39(63)31(16-24(2)3)53-40(64)32-20-49-14-15-50-32)43(67)59-22-29(70-23-26-10-7-6-8-11-26)18-33(59)41(65)52-30(19-34(47)48)37(61)42(66)51-21-35(60)58-72(68,69)45-57-56-44(71-45)55-38(62)27-12-9-13-28(46)17-27/h6-15,17,20,24-25,29-31,33-34,36H,5,16,18-19,21-23H2,1-4H3,(H,51,66)(H,52,65)(H,53,64)(H,54,63)(H,58,60)(H,55,56,62). The van der Waals surface area contributed by atoms with E-state index < -0.39 is 117 Å². The molecule has 1 fully saturated rings. The predicted octanol–water partition coefficient (Wildman–Crippen LogP) is 2.43. The zero-order valence-corrected chi connectivity index (χ0v) is 41.6. The summed E-state index contributed by atoms with van der Waals surface area (Å²) in [6.45, 7) is 5.72. The summed E-state index contributed by atoms with van der Waals surface area (Å²) in [4.78, 5) is 117. The third-order valence-corrected chi connectivity index (χ3v) is 13.8. The van der Waals surface area contributed by atoms with Crippen molar-refractivity contribution in [3.8, 4) is 0 Å². The fraction of sp³-hybridized carbons (Fsp3) is 0.422. The number of amides is 7. The molecule has 1 saturated heterocycles. The minimum Gasteiger partial charge on any atom is -0.372 e. The molecule has 3 heterocycles. The average molecular weight is 1060 g/mol. The van der Waals surface area contributed by atoms with Gasteiger partial charge < -0.3 is 30.9 Å². The highest BCUT2D eigenvalue weighted by Crippen LogP contribution is 2.26. The Kier molecular flexibility index (Phi) is 20.2. The van der Waals surface area contributed by atoms with Gasteiger partial charge in [0.1, 0.15) is 29.9 Å². The molecule has 72 heavy (non-hydrogen) atoms. The van der Waals surface area contributed by atoms with Gasteiger partial charge in [-0.3, -0.25) is 48.7 Å². The highest BCUT2D eigenvalue weighted by Gasteiger charge is 2.45. The first-order valence-corrected chi connectivity index (χ1v) is 25.0. The summed E-state index contributed by atoms with van der Waals surface area (Å²) in [5.74, 6) is -9.39. The molecule has 6 atom stereocenters. The van der Waals surface area contributed by atoms with Crippen LogP contribution in [0.3, 0.4) is 0 Å². The maximum absolute atomic E-state index is 14.7. The van der Waals surface area contributed by atoms with Crippen molar-refractivity contribution < 1.29 is 60.3 Å². The molecule has 6 N–H and O–H groups in total. The maximum Gasteiger partial charge on any atom is 0.293 e. The van der Waals surface area contributed by atoms with Gasteiger partial charge in [-0.1, -0.05) is 93.5 Å². The first kappa shape index (κ1) is 56.0. The van der Waals surface area contributed by atoms with Gasteiger partial charge in [0.05, 0.1) is 25.5 Å². The Labute approximate surface area is 421 Å². The lowest BCUT2D eigenvalue weighted by molar-refractivity contribution is -0.144. The predicted molar refractivity (Wildman–Crippen MR) is 254 cm³/mol. The normalized spacial score (nSPS) is 16.2. The molecule has 2 aromatic carbocycles. The van der Waals surface area contributed by atoms with Crippen LogP contribution in [0.15, 0.2) is 77.5 Å². The summed E-state index contributed by atoms with van der Waals surface area (Å²) in [7, 11) is -4.76. The number of rotatable bonds is 24. The first-order chi connectivity index (χ1) is 34.1. The van der Waals surface area contributed by atoms with E-state index in [0.29, 0.717) is 17.8 Å². The average Bonchev–Trinajstić information content (AvgIpc) is 4.02. The van der Waals surface area contributed by atoms with Gasteiger partial charge in [-0.2, -0.15) is 8.42 Å². The number of benzene rings is 2. The smallest absolute Gasteiger partial charge is 0.293 e.